The Kier molecular flexibility index (Phi) is 7.86. The molecule has 0 aliphatic carbocycles. The van der Waals surface area contributed by atoms with E-state index < -0.39 is 10.9 Å². The maximum absolute atomic E-state index is 13.0. The number of nitrogens with zero attached hydrogens (tertiary/aromatic N) is 3. The highest BCUT2D eigenvalue weighted by Gasteiger charge is 2.45. The number of hydrogen-bond donors (Lipinski definition) is 1. The smallest absolute Gasteiger partial charge is 0.291 e. The summed E-state index contributed by atoms with van der Waals surface area (Å²) in [5.41, 5.74) is 0.677. The van der Waals surface area contributed by atoms with Gasteiger partial charge in [-0.25, -0.2) is 9.37 Å². The molecule has 1 aromatic heterocycles. The van der Waals surface area contributed by atoms with Crippen molar-refractivity contribution in [2.45, 2.75) is 18.4 Å². The van der Waals surface area contributed by atoms with E-state index in [4.69, 9.17) is 52.7 Å². The predicted molar refractivity (Wildman–Crippen MR) is 112 cm³/mol. The fourth-order valence-corrected chi connectivity index (χ4v) is 3.65. The van der Waals surface area contributed by atoms with Crippen LogP contribution in [0.4, 0.5) is 4.39 Å². The van der Waals surface area contributed by atoms with Gasteiger partial charge in [0.05, 0.1) is 24.5 Å². The Morgan fingerprint density at radius 3 is 2.66 bits per heavy atom. The molecule has 1 aliphatic heterocycles. The summed E-state index contributed by atoms with van der Waals surface area (Å²) >= 11 is 12.5. The molecule has 1 saturated heterocycles. The highest BCUT2D eigenvalue weighted by molar-refractivity contribution is 6.35. The second-order valence-corrected chi connectivity index (χ2v) is 7.51. The Balaban J connectivity index is 0.000000668. The van der Waals surface area contributed by atoms with E-state index in [2.05, 4.69) is 4.98 Å². The van der Waals surface area contributed by atoms with Crippen molar-refractivity contribution in [1.29, 1.82) is 0 Å². The topological polar surface area (TPSA) is 109 Å². The van der Waals surface area contributed by atoms with Crippen LogP contribution in [0.2, 0.25) is 10.0 Å². The van der Waals surface area contributed by atoms with Gasteiger partial charge in [-0.2, -0.15) is 0 Å². The van der Waals surface area contributed by atoms with Crippen molar-refractivity contribution in [3.63, 3.8) is 0 Å². The number of ether oxygens (including phenoxy) is 3. The molecule has 12 heteroatoms. The first-order valence-electron chi connectivity index (χ1n) is 9.22. The van der Waals surface area contributed by atoms with Crippen molar-refractivity contribution in [2.24, 2.45) is 0 Å². The van der Waals surface area contributed by atoms with Crippen LogP contribution < -0.4 is 4.74 Å². The molecule has 2 aromatic carbocycles. The fraction of sp³-hybridized carbons (Fsp3) is 0.250. The van der Waals surface area contributed by atoms with Crippen LogP contribution in [-0.4, -0.2) is 39.2 Å². The van der Waals surface area contributed by atoms with Crippen molar-refractivity contribution in [1.82, 2.24) is 9.55 Å². The third kappa shape index (κ3) is 6.30. The minimum Gasteiger partial charge on any atom is -0.491 e. The molecule has 4 rings (SSSR count). The second-order valence-electron chi connectivity index (χ2n) is 6.67. The number of halogens is 3. The average Bonchev–Trinajstić information content (AvgIpc) is 3.38. The highest BCUT2D eigenvalue weighted by atomic mass is 35.5. The number of rotatable bonds is 6. The second kappa shape index (κ2) is 10.6. The lowest BCUT2D eigenvalue weighted by Crippen LogP contribution is -2.34. The monoisotopic (exact) mass is 485 g/mol. The third-order valence-electron chi connectivity index (χ3n) is 4.40. The summed E-state index contributed by atoms with van der Waals surface area (Å²) in [5, 5.41) is 14.6. The molecule has 170 valence electrons. The van der Waals surface area contributed by atoms with E-state index >= 15 is 0 Å². The van der Waals surface area contributed by atoms with Crippen LogP contribution >= 0.6 is 23.2 Å². The van der Waals surface area contributed by atoms with E-state index in [0.29, 0.717) is 34.5 Å². The van der Waals surface area contributed by atoms with E-state index in [0.717, 1.165) is 0 Å². The van der Waals surface area contributed by atoms with Gasteiger partial charge in [-0.15, -0.1) is 10.1 Å². The van der Waals surface area contributed by atoms with Crippen LogP contribution in [0.5, 0.6) is 5.75 Å². The van der Waals surface area contributed by atoms with E-state index in [1.165, 1.54) is 12.1 Å². The molecule has 3 aromatic rings. The van der Waals surface area contributed by atoms with Gasteiger partial charge in [0.15, 0.2) is 0 Å². The van der Waals surface area contributed by atoms with E-state index in [9.17, 15) is 4.39 Å². The summed E-state index contributed by atoms with van der Waals surface area (Å²) in [6, 6.07) is 11.0. The zero-order chi connectivity index (χ0) is 23.1. The minimum absolute atomic E-state index is 0.252. The highest BCUT2D eigenvalue weighted by Crippen LogP contribution is 2.40. The molecule has 0 amide bonds. The van der Waals surface area contributed by atoms with Crippen molar-refractivity contribution in [2.75, 3.05) is 13.2 Å². The largest absolute Gasteiger partial charge is 0.491 e. The van der Waals surface area contributed by atoms with Crippen molar-refractivity contribution in [3.8, 4) is 5.75 Å². The van der Waals surface area contributed by atoms with Crippen LogP contribution in [0.25, 0.3) is 0 Å². The van der Waals surface area contributed by atoms with Gasteiger partial charge in [-0.1, -0.05) is 29.3 Å². The van der Waals surface area contributed by atoms with Gasteiger partial charge >= 0.3 is 0 Å². The summed E-state index contributed by atoms with van der Waals surface area (Å²) in [5.74, 6) is -0.856. The number of hydrogen-bond acceptors (Lipinski definition) is 6. The molecular weight excluding hydrogens is 468 g/mol. The molecule has 0 spiro atoms. The Morgan fingerprint density at radius 2 is 2.03 bits per heavy atom. The molecule has 1 aliphatic rings. The van der Waals surface area contributed by atoms with Crippen LogP contribution in [0.15, 0.2) is 61.2 Å². The SMILES string of the molecule is Fc1ccc(OCC2COC(Cn3ccnc3)(c3ccc(Cl)cc3Cl)O2)cc1.O=[N+]([O-])O. The first-order valence-corrected chi connectivity index (χ1v) is 9.98. The molecule has 2 atom stereocenters. The average molecular weight is 486 g/mol. The molecule has 0 saturated carbocycles. The molecule has 1 N–H and O–H groups in total. The molecule has 2 heterocycles. The molecule has 9 nitrogen and oxygen atoms in total. The zero-order valence-electron chi connectivity index (χ0n) is 16.4. The molecular formula is C20H18Cl2FN3O6. The van der Waals surface area contributed by atoms with E-state index in [1.807, 2.05) is 10.8 Å². The number of benzene rings is 2. The van der Waals surface area contributed by atoms with Crippen molar-refractivity contribution >= 4 is 23.2 Å². The Morgan fingerprint density at radius 1 is 1.31 bits per heavy atom. The lowest BCUT2D eigenvalue weighted by Gasteiger charge is -2.30. The quantitative estimate of drug-likeness (QED) is 0.408. The third-order valence-corrected chi connectivity index (χ3v) is 4.95. The first kappa shape index (κ1) is 23.7. The van der Waals surface area contributed by atoms with Gasteiger partial charge in [0, 0.05) is 23.0 Å². The van der Waals surface area contributed by atoms with Crippen molar-refractivity contribution in [3.05, 3.63) is 92.7 Å². The molecule has 32 heavy (non-hydrogen) atoms. The van der Waals surface area contributed by atoms with Gasteiger partial charge in [0.25, 0.3) is 5.09 Å². The number of aromatic nitrogens is 2. The van der Waals surface area contributed by atoms with E-state index in [-0.39, 0.29) is 18.5 Å². The lowest BCUT2D eigenvalue weighted by molar-refractivity contribution is -0.742. The van der Waals surface area contributed by atoms with Gasteiger partial charge < -0.3 is 24.0 Å². The van der Waals surface area contributed by atoms with Gasteiger partial charge in [0.1, 0.15) is 24.3 Å². The van der Waals surface area contributed by atoms with E-state index in [1.54, 1.807) is 42.9 Å². The minimum atomic E-state index is -1.50. The summed E-state index contributed by atoms with van der Waals surface area (Å²) in [4.78, 5) is 12.4. The Bertz CT molecular complexity index is 1030. The Hall–Kier alpha value is -2.92. The molecule has 2 unspecified atom stereocenters. The first-order chi connectivity index (χ1) is 15.3. The summed E-state index contributed by atoms with van der Waals surface area (Å²) in [6.07, 6.45) is 4.85. The maximum atomic E-state index is 13.0. The zero-order valence-corrected chi connectivity index (χ0v) is 17.9. The summed E-state index contributed by atoms with van der Waals surface area (Å²) in [7, 11) is 0. The molecule has 1 fully saturated rings. The van der Waals surface area contributed by atoms with Gasteiger partial charge in [-0.05, 0) is 36.4 Å². The van der Waals surface area contributed by atoms with Crippen molar-refractivity contribution < 1.29 is 28.9 Å². The summed E-state index contributed by atoms with van der Waals surface area (Å²) < 4.78 is 33.0. The van der Waals surface area contributed by atoms with Crippen LogP contribution in [0, 0.1) is 15.9 Å². The van der Waals surface area contributed by atoms with Crippen LogP contribution in [0.3, 0.4) is 0 Å². The van der Waals surface area contributed by atoms with Crippen LogP contribution in [-0.2, 0) is 21.8 Å². The fourth-order valence-electron chi connectivity index (χ4n) is 3.10. The lowest BCUT2D eigenvalue weighted by atomic mass is 10.1. The normalized spacial score (nSPS) is 19.8. The number of imidazole rings is 1. The maximum Gasteiger partial charge on any atom is 0.291 e. The standard InChI is InChI=1S/C20H17Cl2FN2O3.HNO3/c21-14-1-6-18(19(22)9-14)20(12-25-8-7-24-13-25)27-11-17(28-20)10-26-16-4-2-15(23)3-5-16;2-1(3)4/h1-9,13,17H,10-12H2;(H,2,3,4). The predicted octanol–water partition coefficient (Wildman–Crippen LogP) is 4.33. The van der Waals surface area contributed by atoms with Gasteiger partial charge in [-0.3, -0.25) is 0 Å². The van der Waals surface area contributed by atoms with Crippen LogP contribution in [0.1, 0.15) is 5.56 Å². The Labute approximate surface area is 192 Å². The van der Waals surface area contributed by atoms with Gasteiger partial charge in [0.2, 0.25) is 5.79 Å². The molecule has 0 radical (unpaired) electrons. The molecule has 0 bridgehead atoms. The summed E-state index contributed by atoms with van der Waals surface area (Å²) in [6.45, 7) is 0.929.